The number of hydrogen-bond donors (Lipinski definition) is 4. The normalized spacial score (nSPS) is 12.0. The lowest BCUT2D eigenvalue weighted by atomic mass is 10.1. The molecule has 0 aliphatic carbocycles. The van der Waals surface area contributed by atoms with E-state index in [0.29, 0.717) is 39.6 Å². The number of nitrogens with one attached hydrogen (secondary N) is 4. The zero-order valence-electron chi connectivity index (χ0n) is 35.4. The van der Waals surface area contributed by atoms with E-state index in [1.165, 1.54) is 68.8 Å². The van der Waals surface area contributed by atoms with Gasteiger partial charge < -0.3 is 30.7 Å². The van der Waals surface area contributed by atoms with Gasteiger partial charge in [-0.1, -0.05) is 35.3 Å². The summed E-state index contributed by atoms with van der Waals surface area (Å²) in [4.78, 5) is 78.4. The quantitative estimate of drug-likeness (QED) is 0.0353. The van der Waals surface area contributed by atoms with Crippen molar-refractivity contribution in [2.45, 2.75) is 43.6 Å². The van der Waals surface area contributed by atoms with Gasteiger partial charge in [0.2, 0.25) is 12.1 Å². The highest BCUT2D eigenvalue weighted by Gasteiger charge is 2.27. The minimum absolute atomic E-state index is 0.0102. The lowest BCUT2D eigenvalue weighted by Crippen LogP contribution is -2.32. The van der Waals surface area contributed by atoms with Crippen molar-refractivity contribution in [1.82, 2.24) is 0 Å². The lowest BCUT2D eigenvalue weighted by Gasteiger charge is -2.15. The number of carbonyl (C=O) groups excluding carboxylic acids is 6. The van der Waals surface area contributed by atoms with Gasteiger partial charge in [-0.15, -0.1) is 34.8 Å². The molecule has 5 aromatic carbocycles. The molecule has 0 bridgehead atoms. The Hall–Kier alpha value is -6.43. The van der Waals surface area contributed by atoms with Crippen molar-refractivity contribution in [2.75, 3.05) is 35.5 Å². The van der Waals surface area contributed by atoms with Gasteiger partial charge in [0.05, 0.1) is 47.2 Å². The molecule has 0 aliphatic rings. The van der Waals surface area contributed by atoms with Gasteiger partial charge >= 0.3 is 0 Å². The summed E-state index contributed by atoms with van der Waals surface area (Å²) in [5.41, 5.74) is 2.96. The van der Waals surface area contributed by atoms with E-state index in [1.807, 2.05) is 0 Å². The van der Waals surface area contributed by atoms with Crippen molar-refractivity contribution >= 4 is 127 Å². The first-order chi connectivity index (χ1) is 31.6. The number of nitrogens with zero attached hydrogens (tertiary/aromatic N) is 4. The van der Waals surface area contributed by atoms with Gasteiger partial charge in [-0.25, -0.2) is 0 Å². The highest BCUT2D eigenvalue weighted by Crippen LogP contribution is 2.33. The minimum Gasteiger partial charge on any atom is -0.496 e. The average molecular weight is 997 g/mol. The molecule has 21 heteroatoms. The van der Waals surface area contributed by atoms with Gasteiger partial charge in [0.1, 0.15) is 22.9 Å². The van der Waals surface area contributed by atoms with E-state index in [1.54, 1.807) is 36.4 Å². The SMILES string of the molecule is COc1ccc(NC(=O)c2cccc(N=NC(C(C)=O)C(=O)Nc3ccc(NC(=O)C(N=Nc4cccc(C(=O)Nc5ccc(OC)c(CCl)c5)c4Cl)C(C)=O)c(CCl)c3)c2Cl)cc1CCl. The van der Waals surface area contributed by atoms with E-state index in [9.17, 15) is 28.8 Å². The predicted octanol–water partition coefficient (Wildman–Crippen LogP) is 11.1. The Morgan fingerprint density at radius 1 is 0.530 bits per heavy atom. The van der Waals surface area contributed by atoms with Crippen molar-refractivity contribution < 1.29 is 38.2 Å². The van der Waals surface area contributed by atoms with Crippen LogP contribution in [0.25, 0.3) is 0 Å². The van der Waals surface area contributed by atoms with Crippen molar-refractivity contribution in [2.24, 2.45) is 20.5 Å². The number of rotatable bonds is 19. The minimum atomic E-state index is -1.64. The molecule has 66 heavy (non-hydrogen) atoms. The van der Waals surface area contributed by atoms with Gasteiger partial charge in [-0.2, -0.15) is 20.5 Å². The summed E-state index contributed by atoms with van der Waals surface area (Å²) in [6.45, 7) is 2.29. The molecule has 0 saturated heterocycles. The summed E-state index contributed by atoms with van der Waals surface area (Å²) in [5, 5.41) is 26.5. The van der Waals surface area contributed by atoms with E-state index in [-0.39, 0.29) is 61.6 Å². The standard InChI is InChI=1S/C45H39Cl5N8O8/c1-23(59)40(57-55-34-9-5-7-31(38(34)49)42(61)51-29-12-15-36(65-3)26(18-29)21-47)44(63)53-28-11-14-33(25(17-28)20-46)54-45(64)41(24(2)60)58-56-35-10-6-8-32(39(35)50)43(62)52-30-13-16-37(66-4)27(19-30)22-48/h5-19,40-41H,20-22H2,1-4H3,(H,51,61)(H,52,62)(H,53,63)(H,54,64). The van der Waals surface area contributed by atoms with Gasteiger partial charge in [0.15, 0.2) is 11.6 Å². The first-order valence-electron chi connectivity index (χ1n) is 19.4. The number of alkyl halides is 3. The average Bonchev–Trinajstić information content (AvgIpc) is 3.30. The molecule has 5 rings (SSSR count). The summed E-state index contributed by atoms with van der Waals surface area (Å²) < 4.78 is 10.5. The molecule has 0 aromatic heterocycles. The molecule has 2 unspecified atom stereocenters. The second-order valence-corrected chi connectivity index (χ2v) is 15.5. The first-order valence-corrected chi connectivity index (χ1v) is 21.8. The highest BCUT2D eigenvalue weighted by atomic mass is 35.5. The first kappa shape index (κ1) is 50.6. The highest BCUT2D eigenvalue weighted by molar-refractivity contribution is 6.37. The Kier molecular flexibility index (Phi) is 18.1. The number of ketones is 2. The van der Waals surface area contributed by atoms with E-state index in [2.05, 4.69) is 41.7 Å². The van der Waals surface area contributed by atoms with Crippen LogP contribution in [0, 0.1) is 0 Å². The number of methoxy groups -OCH3 is 2. The largest absolute Gasteiger partial charge is 0.496 e. The maximum atomic E-state index is 13.4. The number of ether oxygens (including phenoxy) is 2. The van der Waals surface area contributed by atoms with Crippen LogP contribution >= 0.6 is 58.0 Å². The zero-order chi connectivity index (χ0) is 48.1. The van der Waals surface area contributed by atoms with Crippen LogP contribution in [0.1, 0.15) is 51.3 Å². The van der Waals surface area contributed by atoms with Crippen LogP contribution in [-0.2, 0) is 36.8 Å². The molecule has 0 spiro atoms. The predicted molar refractivity (Wildman–Crippen MR) is 255 cm³/mol. The molecule has 0 fully saturated rings. The number of anilines is 4. The Balaban J connectivity index is 1.26. The summed E-state index contributed by atoms with van der Waals surface area (Å²) in [5.74, 6) is -2.95. The van der Waals surface area contributed by atoms with Crippen LogP contribution in [0.5, 0.6) is 11.5 Å². The van der Waals surface area contributed by atoms with Gasteiger partial charge in [-0.05, 0) is 98.3 Å². The number of Topliss-reactive ketones (excluding diaryl/α,β-unsaturated/α-hetero) is 2. The third kappa shape index (κ3) is 12.7. The van der Waals surface area contributed by atoms with E-state index < -0.39 is 47.3 Å². The third-order valence-electron chi connectivity index (χ3n) is 9.41. The fraction of sp³-hybridized carbons (Fsp3) is 0.200. The number of hydrogen-bond acceptors (Lipinski definition) is 12. The summed E-state index contributed by atoms with van der Waals surface area (Å²) in [6, 6.07) is 19.7. The fourth-order valence-corrected chi connectivity index (χ4v) is 7.19. The molecule has 0 saturated carbocycles. The molecule has 342 valence electrons. The number of azo groups is 2. The van der Waals surface area contributed by atoms with Crippen LogP contribution in [0.3, 0.4) is 0 Å². The Morgan fingerprint density at radius 3 is 1.33 bits per heavy atom. The van der Waals surface area contributed by atoms with Crippen molar-refractivity contribution in [3.05, 3.63) is 129 Å². The molecule has 16 nitrogen and oxygen atoms in total. The van der Waals surface area contributed by atoms with E-state index >= 15 is 0 Å². The Bertz CT molecular complexity index is 2750. The zero-order valence-corrected chi connectivity index (χ0v) is 39.2. The molecule has 0 heterocycles. The van der Waals surface area contributed by atoms with Gasteiger partial charge in [-0.3, -0.25) is 28.8 Å². The summed E-state index contributed by atoms with van der Waals surface area (Å²) in [7, 11) is 3.01. The molecule has 2 atom stereocenters. The van der Waals surface area contributed by atoms with Crippen LogP contribution in [0.4, 0.5) is 34.1 Å². The Labute approximate surface area is 403 Å². The lowest BCUT2D eigenvalue weighted by molar-refractivity contribution is -0.127. The van der Waals surface area contributed by atoms with Crippen LogP contribution in [-0.4, -0.2) is 61.5 Å². The second kappa shape index (κ2) is 23.7. The number of benzene rings is 5. The van der Waals surface area contributed by atoms with Gasteiger partial charge in [0.25, 0.3) is 23.6 Å². The molecule has 4 N–H and O–H groups in total. The second-order valence-electron chi connectivity index (χ2n) is 13.9. The number of halogens is 5. The summed E-state index contributed by atoms with van der Waals surface area (Å²) >= 11 is 31.3. The van der Waals surface area contributed by atoms with E-state index in [4.69, 9.17) is 67.5 Å². The Morgan fingerprint density at radius 2 is 0.924 bits per heavy atom. The van der Waals surface area contributed by atoms with Crippen LogP contribution < -0.4 is 30.7 Å². The van der Waals surface area contributed by atoms with E-state index in [0.717, 1.165) is 13.8 Å². The van der Waals surface area contributed by atoms with Crippen LogP contribution in [0.2, 0.25) is 10.0 Å². The molecule has 5 aromatic rings. The van der Waals surface area contributed by atoms with Crippen LogP contribution in [0.15, 0.2) is 111 Å². The number of amides is 4. The van der Waals surface area contributed by atoms with Gasteiger partial charge in [0, 0.05) is 39.8 Å². The monoisotopic (exact) mass is 994 g/mol. The fourth-order valence-electron chi connectivity index (χ4n) is 6.06. The molecular formula is C45H39Cl5N8O8. The van der Waals surface area contributed by atoms with Crippen molar-refractivity contribution in [3.8, 4) is 11.5 Å². The summed E-state index contributed by atoms with van der Waals surface area (Å²) in [6.07, 6.45) is 0. The maximum absolute atomic E-state index is 13.4. The van der Waals surface area contributed by atoms with Crippen molar-refractivity contribution in [1.29, 1.82) is 0 Å². The smallest absolute Gasteiger partial charge is 0.258 e. The molecule has 4 amide bonds. The molecule has 0 aliphatic heterocycles. The third-order valence-corrected chi connectivity index (χ3v) is 11.1. The molecule has 0 radical (unpaired) electrons. The number of carbonyl (C=O) groups is 6. The molecular weight excluding hydrogens is 958 g/mol. The topological polar surface area (TPSA) is 218 Å². The van der Waals surface area contributed by atoms with Crippen molar-refractivity contribution in [3.63, 3.8) is 0 Å². The maximum Gasteiger partial charge on any atom is 0.258 e.